The van der Waals surface area contributed by atoms with Gasteiger partial charge in [-0.05, 0) is 12.1 Å². The maximum atomic E-state index is 5.98. The first-order valence-electron chi connectivity index (χ1n) is 7.77. The number of nitrogens with zero attached hydrogens (tertiary/aromatic N) is 4. The molecule has 28 heavy (non-hydrogen) atoms. The van der Waals surface area contributed by atoms with Crippen LogP contribution in [-0.2, 0) is 14.1 Å². The first kappa shape index (κ1) is 21.6. The van der Waals surface area contributed by atoms with Gasteiger partial charge in [-0.25, -0.2) is 4.98 Å². The van der Waals surface area contributed by atoms with E-state index in [4.69, 9.17) is 69.6 Å². The van der Waals surface area contributed by atoms with Crippen LogP contribution in [0.15, 0.2) is 48.7 Å². The number of hydrogen-bond donors (Lipinski definition) is 1. The van der Waals surface area contributed by atoms with E-state index < -0.39 is 7.59 Å². The summed E-state index contributed by atoms with van der Waals surface area (Å²) in [5, 5.41) is 3.06. The van der Waals surface area contributed by atoms with Crippen LogP contribution < -0.4 is 5.32 Å². The number of anilines is 1. The van der Waals surface area contributed by atoms with Gasteiger partial charge >= 0.3 is 0 Å². The lowest BCUT2D eigenvalue weighted by Gasteiger charge is -2.14. The highest BCUT2D eigenvalue weighted by Gasteiger charge is 2.29. The summed E-state index contributed by atoms with van der Waals surface area (Å²) in [7, 11) is 0. The number of aromatic nitrogens is 4. The normalized spacial score (nSPS) is 12.1. The molecule has 0 spiro atoms. The Morgan fingerprint density at radius 3 is 2.07 bits per heavy atom. The minimum Gasteiger partial charge on any atom is -0.348 e. The lowest BCUT2D eigenvalue weighted by atomic mass is 10.1. The molecule has 0 aliphatic rings. The third-order valence-corrected chi connectivity index (χ3v) is 4.67. The van der Waals surface area contributed by atoms with Gasteiger partial charge in [-0.15, -0.1) is 0 Å². The zero-order valence-corrected chi connectivity index (χ0v) is 18.4. The molecule has 0 atom stereocenters. The van der Waals surface area contributed by atoms with Crippen molar-refractivity contribution >= 4 is 75.6 Å². The van der Waals surface area contributed by atoms with Crippen molar-refractivity contribution in [1.82, 2.24) is 19.9 Å². The van der Waals surface area contributed by atoms with Crippen LogP contribution in [0.5, 0.6) is 0 Å². The van der Waals surface area contributed by atoms with Gasteiger partial charge in [0.15, 0.2) is 11.6 Å². The van der Waals surface area contributed by atoms with Gasteiger partial charge in [-0.1, -0.05) is 99.9 Å². The number of alkyl halides is 6. The second-order valence-corrected chi connectivity index (χ2v) is 10.1. The molecule has 5 nitrogen and oxygen atoms in total. The monoisotopic (exact) mass is 495 g/mol. The lowest BCUT2D eigenvalue weighted by Crippen LogP contribution is -2.14. The van der Waals surface area contributed by atoms with Crippen LogP contribution in [0.1, 0.15) is 17.1 Å². The summed E-state index contributed by atoms with van der Waals surface area (Å²) in [5.74, 6) is 0.523. The van der Waals surface area contributed by atoms with E-state index in [9.17, 15) is 0 Å². The van der Waals surface area contributed by atoms with Crippen molar-refractivity contribution in [2.75, 3.05) is 5.32 Å². The summed E-state index contributed by atoms with van der Waals surface area (Å²) >= 11 is 35.6. The fourth-order valence-corrected chi connectivity index (χ4v) is 2.82. The summed E-state index contributed by atoms with van der Waals surface area (Å²) in [6.07, 6.45) is 1.69. The van der Waals surface area contributed by atoms with Gasteiger partial charge in [0.25, 0.3) is 0 Å². The van der Waals surface area contributed by atoms with Crippen LogP contribution in [0, 0.1) is 0 Å². The Balaban J connectivity index is 1.94. The fourth-order valence-electron chi connectivity index (χ4n) is 2.19. The topological polar surface area (TPSA) is 63.6 Å². The Morgan fingerprint density at radius 1 is 0.786 bits per heavy atom. The smallest absolute Gasteiger partial charge is 0.250 e. The molecule has 0 aliphatic carbocycles. The van der Waals surface area contributed by atoms with Crippen molar-refractivity contribution < 1.29 is 0 Å². The molecule has 0 aliphatic heterocycles. The van der Waals surface area contributed by atoms with Crippen LogP contribution in [0.25, 0.3) is 11.4 Å². The van der Waals surface area contributed by atoms with Crippen LogP contribution in [0.2, 0.25) is 0 Å². The second kappa shape index (κ2) is 8.74. The zero-order chi connectivity index (χ0) is 20.4. The summed E-state index contributed by atoms with van der Waals surface area (Å²) in [5.41, 5.74) is 1.94. The van der Waals surface area contributed by atoms with Crippen molar-refractivity contribution in [2.45, 2.75) is 14.1 Å². The van der Waals surface area contributed by atoms with E-state index in [1.54, 1.807) is 30.5 Å². The third-order valence-electron chi connectivity index (χ3n) is 3.51. The standard InChI is InChI=1S/C17H11Cl6N5/c18-16(19,20)11-6-4-10(5-7-11)13-26-14(17(21,22)23)28-15(27-13)25-9-12-3-1-2-8-24-12/h1-8H,9H2,(H,25,26,27,28). The lowest BCUT2D eigenvalue weighted by molar-refractivity contribution is 0.906. The number of hydrogen-bond acceptors (Lipinski definition) is 5. The molecular weight excluding hydrogens is 487 g/mol. The van der Waals surface area contributed by atoms with Crippen LogP contribution in [0.4, 0.5) is 5.95 Å². The number of benzene rings is 1. The maximum Gasteiger partial charge on any atom is 0.250 e. The molecule has 0 unspecified atom stereocenters. The molecule has 1 N–H and O–H groups in total. The summed E-state index contributed by atoms with van der Waals surface area (Å²) in [6.45, 7) is 0.385. The van der Waals surface area contributed by atoms with E-state index >= 15 is 0 Å². The van der Waals surface area contributed by atoms with Crippen LogP contribution in [-0.4, -0.2) is 19.9 Å². The quantitative estimate of drug-likeness (QED) is 0.435. The van der Waals surface area contributed by atoms with Crippen molar-refractivity contribution in [3.8, 4) is 11.4 Å². The minimum atomic E-state index is -1.82. The van der Waals surface area contributed by atoms with Crippen LogP contribution >= 0.6 is 69.6 Å². The van der Waals surface area contributed by atoms with Gasteiger partial charge in [0.1, 0.15) is 0 Å². The van der Waals surface area contributed by atoms with Gasteiger partial charge in [-0.3, -0.25) is 4.98 Å². The molecule has 2 aromatic heterocycles. The molecule has 0 saturated heterocycles. The molecule has 1 aromatic carbocycles. The Hall–Kier alpha value is -1.08. The van der Waals surface area contributed by atoms with Crippen molar-refractivity contribution in [3.63, 3.8) is 0 Å². The Bertz CT molecular complexity index is 939. The van der Waals surface area contributed by atoms with Gasteiger partial charge in [0.2, 0.25) is 13.5 Å². The van der Waals surface area contributed by atoms with E-state index in [0.717, 1.165) is 5.69 Å². The van der Waals surface area contributed by atoms with Crippen molar-refractivity contribution in [2.24, 2.45) is 0 Å². The van der Waals surface area contributed by atoms with E-state index in [1.807, 2.05) is 18.2 Å². The van der Waals surface area contributed by atoms with Gasteiger partial charge in [-0.2, -0.15) is 9.97 Å². The molecule has 0 bridgehead atoms. The molecule has 2 heterocycles. The summed E-state index contributed by atoms with van der Waals surface area (Å²) < 4.78 is -3.35. The first-order chi connectivity index (χ1) is 13.1. The Morgan fingerprint density at radius 2 is 1.50 bits per heavy atom. The van der Waals surface area contributed by atoms with Gasteiger partial charge in [0.05, 0.1) is 12.2 Å². The summed E-state index contributed by atoms with van der Waals surface area (Å²) in [4.78, 5) is 17.0. The molecule has 11 heteroatoms. The number of nitrogens with one attached hydrogen (secondary N) is 1. The van der Waals surface area contributed by atoms with Crippen molar-refractivity contribution in [1.29, 1.82) is 0 Å². The molecule has 0 amide bonds. The Kier molecular flexibility index (Phi) is 6.75. The van der Waals surface area contributed by atoms with E-state index in [2.05, 4.69) is 25.3 Å². The molecule has 0 fully saturated rings. The van der Waals surface area contributed by atoms with E-state index in [-0.39, 0.29) is 11.8 Å². The fraction of sp³-hybridized carbons (Fsp3) is 0.176. The average molecular weight is 498 g/mol. The average Bonchev–Trinajstić information content (AvgIpc) is 2.66. The van der Waals surface area contributed by atoms with E-state index in [0.29, 0.717) is 23.5 Å². The van der Waals surface area contributed by atoms with Crippen LogP contribution in [0.3, 0.4) is 0 Å². The predicted octanol–water partition coefficient (Wildman–Crippen LogP) is 6.20. The van der Waals surface area contributed by atoms with E-state index in [1.165, 1.54) is 0 Å². The molecule has 3 rings (SSSR count). The third kappa shape index (κ3) is 5.72. The highest BCUT2D eigenvalue weighted by atomic mass is 35.6. The number of rotatable bonds is 4. The number of halogens is 6. The second-order valence-electron chi connectivity index (χ2n) is 5.55. The van der Waals surface area contributed by atoms with Gasteiger partial charge < -0.3 is 5.32 Å². The molecule has 0 radical (unpaired) electrons. The van der Waals surface area contributed by atoms with Crippen molar-refractivity contribution in [3.05, 3.63) is 65.7 Å². The highest BCUT2D eigenvalue weighted by Crippen LogP contribution is 2.39. The molecular formula is C17H11Cl6N5. The molecule has 3 aromatic rings. The predicted molar refractivity (Wildman–Crippen MR) is 115 cm³/mol. The molecule has 146 valence electrons. The summed E-state index contributed by atoms with van der Waals surface area (Å²) in [6, 6.07) is 12.3. The minimum absolute atomic E-state index is 0.0172. The first-order valence-corrected chi connectivity index (χ1v) is 10.0. The highest BCUT2D eigenvalue weighted by molar-refractivity contribution is 6.67. The number of pyridine rings is 1. The zero-order valence-electron chi connectivity index (χ0n) is 13.9. The molecule has 0 saturated carbocycles. The SMILES string of the molecule is ClC(Cl)(Cl)c1ccc(-c2nc(NCc3ccccn3)nc(C(Cl)(Cl)Cl)n2)cc1. The van der Waals surface area contributed by atoms with Gasteiger partial charge in [0, 0.05) is 17.3 Å². The largest absolute Gasteiger partial charge is 0.348 e. The Labute approximate surface area is 191 Å². The maximum absolute atomic E-state index is 5.98.